The van der Waals surface area contributed by atoms with Crippen LogP contribution in [0.1, 0.15) is 35.7 Å². The van der Waals surface area contributed by atoms with Gasteiger partial charge in [-0.1, -0.05) is 31.7 Å². The molecule has 0 atom stereocenters. The van der Waals surface area contributed by atoms with Gasteiger partial charge in [-0.05, 0) is 43.1 Å². The van der Waals surface area contributed by atoms with E-state index in [4.69, 9.17) is 5.21 Å². The van der Waals surface area contributed by atoms with Gasteiger partial charge in [0.15, 0.2) is 0 Å². The Morgan fingerprint density at radius 2 is 1.97 bits per heavy atom. The summed E-state index contributed by atoms with van der Waals surface area (Å²) in [5, 5.41) is 8.70. The number of amides is 1. The van der Waals surface area contributed by atoms with Gasteiger partial charge in [-0.15, -0.1) is 0 Å². The zero-order valence-corrected chi connectivity index (χ0v) is 18.4. The number of rotatable bonds is 9. The minimum absolute atomic E-state index is 0.238. The van der Waals surface area contributed by atoms with E-state index in [0.29, 0.717) is 11.9 Å². The molecule has 0 bridgehead atoms. The number of piperidine rings is 1. The quantitative estimate of drug-likeness (QED) is 0.473. The summed E-state index contributed by atoms with van der Waals surface area (Å²) in [5.74, 6) is 0.646. The highest BCUT2D eigenvalue weighted by molar-refractivity contribution is 5.92. The number of nitrogens with one attached hydrogen (secondary N) is 1. The monoisotopic (exact) mass is 424 g/mol. The summed E-state index contributed by atoms with van der Waals surface area (Å²) in [4.78, 5) is 26.7. The fourth-order valence-electron chi connectivity index (χ4n) is 3.98. The summed E-state index contributed by atoms with van der Waals surface area (Å²) < 4.78 is 0. The Morgan fingerprint density at radius 1 is 1.29 bits per heavy atom. The van der Waals surface area contributed by atoms with E-state index in [0.717, 1.165) is 45.6 Å². The maximum Gasteiger partial charge on any atom is 0.277 e. The number of carbonyl (C=O) groups is 1. The first-order chi connectivity index (χ1) is 15.0. The van der Waals surface area contributed by atoms with Crippen LogP contribution in [0, 0.1) is 5.92 Å². The van der Waals surface area contributed by atoms with Gasteiger partial charge in [-0.25, -0.2) is 15.4 Å². The van der Waals surface area contributed by atoms with Gasteiger partial charge in [-0.3, -0.25) is 14.9 Å². The summed E-state index contributed by atoms with van der Waals surface area (Å²) >= 11 is 0. The van der Waals surface area contributed by atoms with Crippen LogP contribution < -0.4 is 15.3 Å². The normalized spacial score (nSPS) is 14.5. The number of benzene rings is 1. The molecule has 1 aromatic carbocycles. The third-order valence-electron chi connectivity index (χ3n) is 5.90. The Labute approximate surface area is 184 Å². The SMILES string of the molecule is C=CN(C)c1ccccc1CN(CC)CC1CCN(c2ncc(C(=O)NO)cn2)CC1. The van der Waals surface area contributed by atoms with Crippen LogP contribution in [0.15, 0.2) is 49.4 Å². The van der Waals surface area contributed by atoms with Crippen LogP contribution in [0.2, 0.25) is 0 Å². The molecule has 2 aromatic rings. The maximum atomic E-state index is 11.4. The van der Waals surface area contributed by atoms with Gasteiger partial charge in [0, 0.05) is 51.3 Å². The lowest BCUT2D eigenvalue weighted by Gasteiger charge is -2.35. The van der Waals surface area contributed by atoms with Crippen LogP contribution in [0.4, 0.5) is 11.6 Å². The van der Waals surface area contributed by atoms with Crippen molar-refractivity contribution in [3.63, 3.8) is 0 Å². The number of hydroxylamine groups is 1. The molecule has 0 unspecified atom stereocenters. The molecule has 1 amide bonds. The molecule has 1 saturated heterocycles. The second-order valence-electron chi connectivity index (χ2n) is 7.89. The zero-order valence-electron chi connectivity index (χ0n) is 18.4. The number of para-hydroxylation sites is 1. The highest BCUT2D eigenvalue weighted by Crippen LogP contribution is 2.25. The minimum atomic E-state index is -0.606. The van der Waals surface area contributed by atoms with Crippen molar-refractivity contribution in [3.8, 4) is 0 Å². The lowest BCUT2D eigenvalue weighted by Crippen LogP contribution is -2.39. The van der Waals surface area contributed by atoms with Crippen molar-refractivity contribution in [3.05, 3.63) is 60.6 Å². The summed E-state index contributed by atoms with van der Waals surface area (Å²) in [7, 11) is 2.03. The largest absolute Gasteiger partial charge is 0.351 e. The average molecular weight is 425 g/mol. The fourth-order valence-corrected chi connectivity index (χ4v) is 3.98. The third kappa shape index (κ3) is 5.80. The molecule has 0 aliphatic carbocycles. The molecule has 166 valence electrons. The van der Waals surface area contributed by atoms with Gasteiger partial charge in [0.05, 0.1) is 5.56 Å². The molecular weight excluding hydrogens is 392 g/mol. The van der Waals surface area contributed by atoms with Gasteiger partial charge >= 0.3 is 0 Å². The van der Waals surface area contributed by atoms with E-state index in [1.54, 1.807) is 5.48 Å². The van der Waals surface area contributed by atoms with Gasteiger partial charge in [0.25, 0.3) is 5.91 Å². The first kappa shape index (κ1) is 22.7. The van der Waals surface area contributed by atoms with Crippen molar-refractivity contribution < 1.29 is 10.0 Å². The summed E-state index contributed by atoms with van der Waals surface area (Å²) in [6.45, 7) is 10.9. The molecule has 1 fully saturated rings. The topological polar surface area (TPSA) is 84.8 Å². The molecule has 8 nitrogen and oxygen atoms in total. The highest BCUT2D eigenvalue weighted by Gasteiger charge is 2.23. The van der Waals surface area contributed by atoms with Crippen LogP contribution in [-0.4, -0.2) is 59.2 Å². The van der Waals surface area contributed by atoms with Gasteiger partial charge in [0.2, 0.25) is 5.95 Å². The van der Waals surface area contributed by atoms with Crippen molar-refractivity contribution in [2.45, 2.75) is 26.3 Å². The summed E-state index contributed by atoms with van der Waals surface area (Å²) in [6.07, 6.45) is 6.88. The highest BCUT2D eigenvalue weighted by atomic mass is 16.5. The summed E-state index contributed by atoms with van der Waals surface area (Å²) in [6, 6.07) is 8.49. The number of hydrogen-bond acceptors (Lipinski definition) is 7. The average Bonchev–Trinajstić information content (AvgIpc) is 2.83. The Kier molecular flexibility index (Phi) is 7.97. The molecule has 2 heterocycles. The molecule has 8 heteroatoms. The van der Waals surface area contributed by atoms with E-state index < -0.39 is 5.91 Å². The molecule has 2 N–H and O–H groups in total. The van der Waals surface area contributed by atoms with Crippen LogP contribution in [0.25, 0.3) is 0 Å². The Morgan fingerprint density at radius 3 is 2.58 bits per heavy atom. The minimum Gasteiger partial charge on any atom is -0.351 e. The van der Waals surface area contributed by atoms with E-state index in [2.05, 4.69) is 62.4 Å². The Bertz CT molecular complexity index is 865. The molecule has 0 radical (unpaired) electrons. The van der Waals surface area contributed by atoms with Crippen molar-refractivity contribution in [1.29, 1.82) is 0 Å². The number of nitrogens with zero attached hydrogens (tertiary/aromatic N) is 5. The van der Waals surface area contributed by atoms with Gasteiger partial charge in [0.1, 0.15) is 0 Å². The lowest BCUT2D eigenvalue weighted by atomic mass is 9.96. The zero-order chi connectivity index (χ0) is 22.2. The predicted octanol–water partition coefficient (Wildman–Crippen LogP) is 2.91. The van der Waals surface area contributed by atoms with Crippen molar-refractivity contribution in [2.75, 3.05) is 43.0 Å². The van der Waals surface area contributed by atoms with Gasteiger partial charge in [-0.2, -0.15) is 0 Å². The van der Waals surface area contributed by atoms with Crippen LogP contribution in [0.5, 0.6) is 0 Å². The predicted molar refractivity (Wildman–Crippen MR) is 122 cm³/mol. The van der Waals surface area contributed by atoms with Crippen molar-refractivity contribution in [2.24, 2.45) is 5.92 Å². The molecule has 1 aliphatic heterocycles. The summed E-state index contributed by atoms with van der Waals surface area (Å²) in [5.41, 5.74) is 4.34. The van der Waals surface area contributed by atoms with E-state index >= 15 is 0 Å². The molecule has 1 aromatic heterocycles. The molecule has 0 saturated carbocycles. The van der Waals surface area contributed by atoms with Crippen molar-refractivity contribution >= 4 is 17.5 Å². The number of hydrogen-bond donors (Lipinski definition) is 2. The molecule has 31 heavy (non-hydrogen) atoms. The van der Waals surface area contributed by atoms with E-state index in [1.165, 1.54) is 23.6 Å². The molecular formula is C23H32N6O2. The second-order valence-corrected chi connectivity index (χ2v) is 7.89. The van der Waals surface area contributed by atoms with Crippen molar-refractivity contribution in [1.82, 2.24) is 20.3 Å². The smallest absolute Gasteiger partial charge is 0.277 e. The second kappa shape index (κ2) is 10.9. The molecule has 1 aliphatic rings. The Balaban J connectivity index is 1.55. The third-order valence-corrected chi connectivity index (χ3v) is 5.90. The molecule has 3 rings (SSSR count). The number of carbonyl (C=O) groups excluding carboxylic acids is 1. The van der Waals surface area contributed by atoms with E-state index in [9.17, 15) is 4.79 Å². The van der Waals surface area contributed by atoms with Crippen LogP contribution in [-0.2, 0) is 6.54 Å². The number of anilines is 2. The Hall–Kier alpha value is -2.97. The van der Waals surface area contributed by atoms with Crippen LogP contribution >= 0.6 is 0 Å². The lowest BCUT2D eigenvalue weighted by molar-refractivity contribution is 0.0705. The van der Waals surface area contributed by atoms with E-state index in [1.807, 2.05) is 13.2 Å². The number of aromatic nitrogens is 2. The molecule has 0 spiro atoms. The first-order valence-electron chi connectivity index (χ1n) is 10.7. The standard InChI is InChI=1S/C23H32N6O2/c1-4-27(3)21-9-7-6-8-19(21)17-28(5-2)16-18-10-12-29(13-11-18)23-24-14-20(15-25-23)22(30)26-31/h4,6-9,14-15,18,31H,1,5,10-13,16-17H2,2-3H3,(H,26,30). The fraction of sp³-hybridized carbons (Fsp3) is 0.435. The van der Waals surface area contributed by atoms with Gasteiger partial charge < -0.3 is 9.80 Å². The van der Waals surface area contributed by atoms with Crippen LogP contribution in [0.3, 0.4) is 0 Å². The van der Waals surface area contributed by atoms with E-state index in [-0.39, 0.29) is 5.56 Å². The maximum absolute atomic E-state index is 11.4. The first-order valence-corrected chi connectivity index (χ1v) is 10.7.